The van der Waals surface area contributed by atoms with Crippen LogP contribution in [0.4, 0.5) is 0 Å². The molecular weight excluding hydrogens is 364 g/mol. The summed E-state index contributed by atoms with van der Waals surface area (Å²) in [4.78, 5) is 25.0. The summed E-state index contributed by atoms with van der Waals surface area (Å²) in [7, 11) is 0. The topological polar surface area (TPSA) is 67.5 Å². The van der Waals surface area contributed by atoms with Crippen LogP contribution in [0.25, 0.3) is 22.1 Å². The van der Waals surface area contributed by atoms with E-state index in [-0.39, 0.29) is 23.5 Å². The molecule has 1 atom stereocenters. The number of para-hydroxylation sites is 1. The van der Waals surface area contributed by atoms with Crippen molar-refractivity contribution >= 4 is 16.8 Å². The van der Waals surface area contributed by atoms with Gasteiger partial charge in [-0.25, -0.2) is 4.79 Å². The van der Waals surface area contributed by atoms with E-state index in [1.807, 2.05) is 72.8 Å². The summed E-state index contributed by atoms with van der Waals surface area (Å²) in [5.74, 6) is -0.732. The van der Waals surface area contributed by atoms with E-state index in [1.54, 1.807) is 6.07 Å². The highest BCUT2D eigenvalue weighted by Gasteiger charge is 2.24. The Morgan fingerprint density at radius 2 is 1.59 bits per heavy atom. The number of fused-ring (bicyclic) bond motifs is 1. The van der Waals surface area contributed by atoms with Crippen LogP contribution in [0.1, 0.15) is 24.0 Å². The molecule has 4 heteroatoms. The number of hydrogen-bond donors (Lipinski definition) is 1. The summed E-state index contributed by atoms with van der Waals surface area (Å²) in [5.41, 5.74) is 2.25. The minimum atomic E-state index is -0.624. The molecule has 0 spiro atoms. The Morgan fingerprint density at radius 3 is 2.24 bits per heavy atom. The molecule has 4 rings (SSSR count). The molecule has 1 aromatic heterocycles. The van der Waals surface area contributed by atoms with Crippen molar-refractivity contribution in [2.45, 2.75) is 19.3 Å². The predicted octanol–water partition coefficient (Wildman–Crippen LogP) is 5.08. The first kappa shape index (κ1) is 18.7. The van der Waals surface area contributed by atoms with Crippen LogP contribution in [-0.2, 0) is 11.2 Å². The predicted molar refractivity (Wildman–Crippen MR) is 113 cm³/mol. The zero-order valence-electron chi connectivity index (χ0n) is 16.0. The van der Waals surface area contributed by atoms with Crippen molar-refractivity contribution in [2.24, 2.45) is 0 Å². The quantitative estimate of drug-likeness (QED) is 0.487. The summed E-state index contributed by atoms with van der Waals surface area (Å²) < 4.78 is 5.65. The highest BCUT2D eigenvalue weighted by atomic mass is 16.4. The minimum absolute atomic E-state index is 0.0758. The lowest BCUT2D eigenvalue weighted by Crippen LogP contribution is -2.17. The van der Waals surface area contributed by atoms with E-state index in [0.29, 0.717) is 11.0 Å². The molecule has 1 heterocycles. The number of aromatic hydroxyl groups is 1. The third-order valence-electron chi connectivity index (χ3n) is 5.18. The summed E-state index contributed by atoms with van der Waals surface area (Å²) >= 11 is 0. The van der Waals surface area contributed by atoms with Crippen LogP contribution in [0.2, 0.25) is 0 Å². The van der Waals surface area contributed by atoms with E-state index in [9.17, 15) is 14.7 Å². The number of benzene rings is 3. The van der Waals surface area contributed by atoms with E-state index in [0.717, 1.165) is 16.7 Å². The van der Waals surface area contributed by atoms with Crippen LogP contribution < -0.4 is 5.63 Å². The highest BCUT2D eigenvalue weighted by molar-refractivity contribution is 5.96. The van der Waals surface area contributed by atoms with Crippen molar-refractivity contribution < 1.29 is 14.3 Å². The third kappa shape index (κ3) is 3.57. The Hall–Kier alpha value is -3.66. The lowest BCUT2D eigenvalue weighted by molar-refractivity contribution is -0.118. The molecule has 0 saturated heterocycles. The van der Waals surface area contributed by atoms with Crippen LogP contribution in [0, 0.1) is 0 Å². The van der Waals surface area contributed by atoms with Crippen molar-refractivity contribution in [1.29, 1.82) is 0 Å². The highest BCUT2D eigenvalue weighted by Crippen LogP contribution is 2.35. The molecule has 0 aliphatic rings. The maximum absolute atomic E-state index is 12.8. The van der Waals surface area contributed by atoms with Crippen molar-refractivity contribution in [3.8, 4) is 16.9 Å². The monoisotopic (exact) mass is 384 g/mol. The smallest absolute Gasteiger partial charge is 0.343 e. The Morgan fingerprint density at radius 1 is 0.931 bits per heavy atom. The van der Waals surface area contributed by atoms with Gasteiger partial charge in [0.1, 0.15) is 17.1 Å². The van der Waals surface area contributed by atoms with Gasteiger partial charge in [-0.05, 0) is 30.5 Å². The normalized spacial score (nSPS) is 12.0. The van der Waals surface area contributed by atoms with Gasteiger partial charge in [0.15, 0.2) is 0 Å². The zero-order chi connectivity index (χ0) is 20.4. The second-order valence-corrected chi connectivity index (χ2v) is 7.04. The van der Waals surface area contributed by atoms with Crippen molar-refractivity contribution in [3.63, 3.8) is 0 Å². The van der Waals surface area contributed by atoms with E-state index >= 15 is 0 Å². The number of ketones is 1. The number of rotatable bonds is 5. The second-order valence-electron chi connectivity index (χ2n) is 7.04. The fraction of sp³-hybridized carbons (Fsp3) is 0.120. The van der Waals surface area contributed by atoms with Crippen molar-refractivity contribution in [3.05, 3.63) is 100 Å². The summed E-state index contributed by atoms with van der Waals surface area (Å²) in [5, 5.41) is 11.4. The van der Waals surface area contributed by atoms with Crippen molar-refractivity contribution in [1.82, 2.24) is 0 Å². The van der Waals surface area contributed by atoms with Crippen LogP contribution in [-0.4, -0.2) is 10.9 Å². The van der Waals surface area contributed by atoms with Crippen LogP contribution in [0.3, 0.4) is 0 Å². The molecule has 4 nitrogen and oxygen atoms in total. The maximum Gasteiger partial charge on any atom is 0.343 e. The fourth-order valence-corrected chi connectivity index (χ4v) is 3.66. The first-order valence-corrected chi connectivity index (χ1v) is 9.44. The average Bonchev–Trinajstić information content (AvgIpc) is 2.74. The largest absolute Gasteiger partial charge is 0.507 e. The molecule has 0 bridgehead atoms. The Balaban J connectivity index is 1.85. The van der Waals surface area contributed by atoms with Gasteiger partial charge >= 0.3 is 5.63 Å². The molecule has 0 saturated carbocycles. The van der Waals surface area contributed by atoms with Gasteiger partial charge in [-0.1, -0.05) is 72.8 Å². The molecule has 144 valence electrons. The van der Waals surface area contributed by atoms with Gasteiger partial charge in [-0.15, -0.1) is 0 Å². The molecule has 3 aromatic carbocycles. The van der Waals surface area contributed by atoms with E-state index in [4.69, 9.17) is 4.42 Å². The first-order valence-electron chi connectivity index (χ1n) is 9.44. The maximum atomic E-state index is 12.8. The number of Topliss-reactive ketones (excluding diaryl/α,β-unsaturated/α-hetero) is 1. The molecule has 4 aromatic rings. The average molecular weight is 384 g/mol. The Kier molecular flexibility index (Phi) is 5.00. The van der Waals surface area contributed by atoms with E-state index < -0.39 is 11.5 Å². The molecule has 29 heavy (non-hydrogen) atoms. The van der Waals surface area contributed by atoms with Gasteiger partial charge in [0.05, 0.1) is 10.9 Å². The molecule has 0 fully saturated rings. The first-order chi connectivity index (χ1) is 14.1. The zero-order valence-corrected chi connectivity index (χ0v) is 16.0. The number of carbonyl (C=O) groups is 1. The van der Waals surface area contributed by atoms with Crippen molar-refractivity contribution in [2.75, 3.05) is 0 Å². The summed E-state index contributed by atoms with van der Waals surface area (Å²) in [6.07, 6.45) is 0.0824. The molecule has 1 unspecified atom stereocenters. The van der Waals surface area contributed by atoms with Crippen LogP contribution in [0.15, 0.2) is 88.1 Å². The Bertz CT molecular complexity index is 1220. The van der Waals surface area contributed by atoms with Gasteiger partial charge in [-0.3, -0.25) is 4.79 Å². The molecule has 0 radical (unpaired) electrons. The Labute approximate surface area is 168 Å². The SMILES string of the molecule is CC(=O)C(Cc1c(O)c2cccc(-c3ccccc3)c2oc1=O)c1ccccc1. The van der Waals surface area contributed by atoms with E-state index in [1.165, 1.54) is 6.92 Å². The molecule has 0 aliphatic heterocycles. The fourth-order valence-electron chi connectivity index (χ4n) is 3.66. The minimum Gasteiger partial charge on any atom is -0.507 e. The summed E-state index contributed by atoms with van der Waals surface area (Å²) in [6, 6.07) is 24.2. The van der Waals surface area contributed by atoms with Gasteiger partial charge in [0, 0.05) is 11.5 Å². The molecular formula is C25H20O4. The van der Waals surface area contributed by atoms with Gasteiger partial charge in [0.25, 0.3) is 0 Å². The molecule has 1 N–H and O–H groups in total. The lowest BCUT2D eigenvalue weighted by atomic mass is 9.89. The third-order valence-corrected chi connectivity index (χ3v) is 5.18. The van der Waals surface area contributed by atoms with E-state index in [2.05, 4.69) is 0 Å². The van der Waals surface area contributed by atoms with Gasteiger partial charge < -0.3 is 9.52 Å². The van der Waals surface area contributed by atoms with Crippen LogP contribution >= 0.6 is 0 Å². The molecule has 0 aliphatic carbocycles. The van der Waals surface area contributed by atoms with Gasteiger partial charge in [0.2, 0.25) is 0 Å². The van der Waals surface area contributed by atoms with Gasteiger partial charge in [-0.2, -0.15) is 0 Å². The standard InChI is InChI=1S/C25H20O4/c1-16(26)21(18-11-6-3-7-12-18)15-22-23(27)20-14-8-13-19(24(20)29-25(22)28)17-9-4-2-5-10-17/h2-14,21,27H,15H2,1H3. The molecule has 0 amide bonds. The lowest BCUT2D eigenvalue weighted by Gasteiger charge is -2.15. The van der Waals surface area contributed by atoms with Crippen LogP contribution in [0.5, 0.6) is 5.75 Å². The number of hydrogen-bond acceptors (Lipinski definition) is 4. The summed E-state index contributed by atoms with van der Waals surface area (Å²) in [6.45, 7) is 1.49. The second kappa shape index (κ2) is 7.76. The number of carbonyl (C=O) groups excluding carboxylic acids is 1.